The third-order valence-electron chi connectivity index (χ3n) is 3.65. The first-order valence-electron chi connectivity index (χ1n) is 8.05. The summed E-state index contributed by atoms with van der Waals surface area (Å²) in [4.78, 5) is 7.06. The van der Waals surface area contributed by atoms with Gasteiger partial charge in [0.05, 0.1) is 13.2 Å². The number of aliphatic imine (C=N–C) groups is 1. The Morgan fingerprint density at radius 1 is 1.35 bits per heavy atom. The number of nitrogens with zero attached hydrogens (tertiary/aromatic N) is 2. The van der Waals surface area contributed by atoms with Gasteiger partial charge >= 0.3 is 0 Å². The van der Waals surface area contributed by atoms with E-state index in [1.165, 1.54) is 6.42 Å². The fraction of sp³-hybridized carbons (Fsp3) is 0.938. The monoisotopic (exact) mass is 283 g/mol. The van der Waals surface area contributed by atoms with Gasteiger partial charge in [0.25, 0.3) is 0 Å². The topological polar surface area (TPSA) is 36.9 Å². The van der Waals surface area contributed by atoms with E-state index in [1.54, 1.807) is 0 Å². The van der Waals surface area contributed by atoms with Crippen LogP contribution >= 0.6 is 0 Å². The van der Waals surface area contributed by atoms with E-state index < -0.39 is 0 Å². The Morgan fingerprint density at radius 3 is 2.65 bits per heavy atom. The number of ether oxygens (including phenoxy) is 1. The van der Waals surface area contributed by atoms with Gasteiger partial charge in [0.2, 0.25) is 0 Å². The molecule has 0 bridgehead atoms. The molecule has 1 aliphatic heterocycles. The molecule has 0 aromatic heterocycles. The molecule has 20 heavy (non-hydrogen) atoms. The van der Waals surface area contributed by atoms with Crippen LogP contribution in [0.25, 0.3) is 0 Å². The highest BCUT2D eigenvalue weighted by Crippen LogP contribution is 2.28. The van der Waals surface area contributed by atoms with E-state index in [-0.39, 0.29) is 0 Å². The van der Waals surface area contributed by atoms with Crippen LogP contribution in [0, 0.1) is 11.3 Å². The number of nitrogens with one attached hydrogen (secondary N) is 1. The molecular formula is C16H33N3O. The lowest BCUT2D eigenvalue weighted by Crippen LogP contribution is -2.41. The van der Waals surface area contributed by atoms with E-state index in [2.05, 4.69) is 49.8 Å². The first kappa shape index (κ1) is 17.3. The van der Waals surface area contributed by atoms with Gasteiger partial charge in [0.15, 0.2) is 5.96 Å². The van der Waals surface area contributed by atoms with Crippen LogP contribution in [0.1, 0.15) is 47.5 Å². The summed E-state index contributed by atoms with van der Waals surface area (Å²) in [5.74, 6) is 1.76. The van der Waals surface area contributed by atoms with Gasteiger partial charge in [0.1, 0.15) is 0 Å². The molecule has 0 aliphatic carbocycles. The van der Waals surface area contributed by atoms with E-state index in [9.17, 15) is 0 Å². The van der Waals surface area contributed by atoms with Crippen LogP contribution in [-0.2, 0) is 4.74 Å². The van der Waals surface area contributed by atoms with Gasteiger partial charge in [-0.25, -0.2) is 0 Å². The first-order chi connectivity index (χ1) is 9.44. The van der Waals surface area contributed by atoms with E-state index in [0.29, 0.717) is 11.3 Å². The van der Waals surface area contributed by atoms with Gasteiger partial charge in [-0.3, -0.25) is 4.99 Å². The Kier molecular flexibility index (Phi) is 7.35. The Labute approximate surface area is 125 Å². The standard InChI is InChI=1S/C16H33N3O/c1-6-17-15(19-10-8-16(4,5)13-19)18-9-12-20-11-7-14(2)3/h14H,6-13H2,1-5H3,(H,17,18). The molecule has 4 heteroatoms. The zero-order chi connectivity index (χ0) is 15.0. The molecule has 0 spiro atoms. The maximum atomic E-state index is 5.62. The minimum absolute atomic E-state index is 0.407. The molecule has 0 atom stereocenters. The maximum Gasteiger partial charge on any atom is 0.194 e. The SMILES string of the molecule is CCNC(=NCCOCCC(C)C)N1CCC(C)(C)C1. The highest BCUT2D eigenvalue weighted by molar-refractivity contribution is 5.80. The number of rotatable bonds is 7. The Hall–Kier alpha value is -0.770. The lowest BCUT2D eigenvalue weighted by atomic mass is 9.93. The summed E-state index contributed by atoms with van der Waals surface area (Å²) in [6.07, 6.45) is 2.37. The van der Waals surface area contributed by atoms with Crippen molar-refractivity contribution >= 4 is 5.96 Å². The molecule has 1 saturated heterocycles. The van der Waals surface area contributed by atoms with Gasteiger partial charge in [-0.1, -0.05) is 27.7 Å². The van der Waals surface area contributed by atoms with Gasteiger partial charge in [-0.15, -0.1) is 0 Å². The fourth-order valence-corrected chi connectivity index (χ4v) is 2.36. The molecule has 0 aromatic carbocycles. The minimum Gasteiger partial charge on any atom is -0.380 e. The largest absolute Gasteiger partial charge is 0.380 e. The van der Waals surface area contributed by atoms with Crippen LogP contribution in [0.15, 0.2) is 4.99 Å². The summed E-state index contributed by atoms with van der Waals surface area (Å²) < 4.78 is 5.62. The zero-order valence-electron chi connectivity index (χ0n) is 14.0. The molecule has 0 radical (unpaired) electrons. The third-order valence-corrected chi connectivity index (χ3v) is 3.65. The molecule has 1 fully saturated rings. The van der Waals surface area contributed by atoms with Crippen LogP contribution < -0.4 is 5.32 Å². The van der Waals surface area contributed by atoms with Crippen molar-refractivity contribution in [1.29, 1.82) is 0 Å². The predicted octanol–water partition coefficient (Wildman–Crippen LogP) is 2.75. The summed E-state index contributed by atoms with van der Waals surface area (Å²) in [5.41, 5.74) is 0.407. The molecule has 1 heterocycles. The van der Waals surface area contributed by atoms with Crippen molar-refractivity contribution in [1.82, 2.24) is 10.2 Å². The smallest absolute Gasteiger partial charge is 0.194 e. The molecule has 0 aromatic rings. The summed E-state index contributed by atoms with van der Waals surface area (Å²) in [7, 11) is 0. The second-order valence-corrected chi connectivity index (χ2v) is 6.87. The number of likely N-dealkylation sites (tertiary alicyclic amines) is 1. The van der Waals surface area contributed by atoms with Gasteiger partial charge in [-0.2, -0.15) is 0 Å². The van der Waals surface area contributed by atoms with Crippen molar-refractivity contribution in [3.05, 3.63) is 0 Å². The summed E-state index contributed by atoms with van der Waals surface area (Å²) in [5, 5.41) is 3.39. The lowest BCUT2D eigenvalue weighted by molar-refractivity contribution is 0.130. The lowest BCUT2D eigenvalue weighted by Gasteiger charge is -2.23. The average Bonchev–Trinajstić information content (AvgIpc) is 2.72. The molecule has 1 aliphatic rings. The number of hydrogen-bond acceptors (Lipinski definition) is 2. The van der Waals surface area contributed by atoms with Gasteiger partial charge in [-0.05, 0) is 31.1 Å². The molecule has 0 amide bonds. The summed E-state index contributed by atoms with van der Waals surface area (Å²) >= 11 is 0. The van der Waals surface area contributed by atoms with Crippen LogP contribution in [0.4, 0.5) is 0 Å². The number of hydrogen-bond donors (Lipinski definition) is 1. The highest BCUT2D eigenvalue weighted by atomic mass is 16.5. The van der Waals surface area contributed by atoms with Crippen molar-refractivity contribution in [2.24, 2.45) is 16.3 Å². The predicted molar refractivity (Wildman–Crippen MR) is 86.2 cm³/mol. The first-order valence-corrected chi connectivity index (χ1v) is 8.05. The number of guanidine groups is 1. The molecule has 0 saturated carbocycles. The maximum absolute atomic E-state index is 5.62. The molecule has 4 nitrogen and oxygen atoms in total. The van der Waals surface area contributed by atoms with E-state index in [4.69, 9.17) is 4.74 Å². The van der Waals surface area contributed by atoms with Crippen molar-refractivity contribution in [2.75, 3.05) is 39.4 Å². The van der Waals surface area contributed by atoms with Crippen molar-refractivity contribution < 1.29 is 4.74 Å². The molecule has 118 valence electrons. The third kappa shape index (κ3) is 6.60. The highest BCUT2D eigenvalue weighted by Gasteiger charge is 2.30. The van der Waals surface area contributed by atoms with Crippen LogP contribution in [0.3, 0.4) is 0 Å². The summed E-state index contributed by atoms with van der Waals surface area (Å²) in [6, 6.07) is 0. The van der Waals surface area contributed by atoms with E-state index in [0.717, 1.165) is 51.8 Å². The average molecular weight is 283 g/mol. The molecule has 1 rings (SSSR count). The minimum atomic E-state index is 0.407. The van der Waals surface area contributed by atoms with Crippen molar-refractivity contribution in [3.63, 3.8) is 0 Å². The van der Waals surface area contributed by atoms with Gasteiger partial charge in [0, 0.05) is 26.2 Å². The van der Waals surface area contributed by atoms with Crippen molar-refractivity contribution in [2.45, 2.75) is 47.5 Å². The molecular weight excluding hydrogens is 250 g/mol. The van der Waals surface area contributed by atoms with Crippen LogP contribution in [0.2, 0.25) is 0 Å². The molecule has 0 unspecified atom stereocenters. The fourth-order valence-electron chi connectivity index (χ4n) is 2.36. The van der Waals surface area contributed by atoms with Crippen molar-refractivity contribution in [3.8, 4) is 0 Å². The van der Waals surface area contributed by atoms with Crippen LogP contribution in [0.5, 0.6) is 0 Å². The Morgan fingerprint density at radius 2 is 2.10 bits per heavy atom. The Balaban J connectivity index is 2.32. The normalized spacial score (nSPS) is 18.9. The second-order valence-electron chi connectivity index (χ2n) is 6.87. The van der Waals surface area contributed by atoms with E-state index in [1.807, 2.05) is 0 Å². The quantitative estimate of drug-likeness (QED) is 0.443. The second kappa shape index (κ2) is 8.50. The van der Waals surface area contributed by atoms with Crippen LogP contribution in [-0.4, -0.2) is 50.3 Å². The van der Waals surface area contributed by atoms with E-state index >= 15 is 0 Å². The Bertz CT molecular complexity index is 300. The zero-order valence-corrected chi connectivity index (χ0v) is 14.0. The molecule has 1 N–H and O–H groups in total. The summed E-state index contributed by atoms with van der Waals surface area (Å²) in [6.45, 7) is 16.6. The van der Waals surface area contributed by atoms with Gasteiger partial charge < -0.3 is 15.0 Å².